The molecule has 8 aromatic rings. The van der Waals surface area contributed by atoms with Gasteiger partial charge < -0.3 is 14.1 Å². The number of hydrogen-bond acceptors (Lipinski definition) is 4. The summed E-state index contributed by atoms with van der Waals surface area (Å²) in [5, 5.41) is 11.1. The topological polar surface area (TPSA) is 64.3 Å². The number of aromatic nitrogens is 6. The summed E-state index contributed by atoms with van der Waals surface area (Å²) >= 11 is 1.61. The molecule has 3 heterocycles. The van der Waals surface area contributed by atoms with Crippen molar-refractivity contribution in [3.63, 3.8) is 0 Å². The van der Waals surface area contributed by atoms with E-state index >= 15 is 0 Å². The summed E-state index contributed by atoms with van der Waals surface area (Å²) in [6.07, 6.45) is 8.32. The third kappa shape index (κ3) is 6.14. The van der Waals surface area contributed by atoms with E-state index in [1.807, 2.05) is 36.8 Å². The predicted octanol–water partition coefficient (Wildman–Crippen LogP) is 9.31. The highest BCUT2D eigenvalue weighted by molar-refractivity contribution is 7.99. The molecule has 0 amide bonds. The SMILES string of the molecule is Fc1ccc2c(Cc3nnc(Sc4ccccc4)n3CCCc3cn(C(c4ccccc4)(c4ccccc4)c4ccccc4)cn3)c[nH]c2c1. The van der Waals surface area contributed by atoms with Crippen LogP contribution in [0.15, 0.2) is 168 Å². The van der Waals surface area contributed by atoms with Crippen molar-refractivity contribution in [2.45, 2.75) is 41.4 Å². The van der Waals surface area contributed by atoms with Crippen molar-refractivity contribution in [1.29, 1.82) is 0 Å². The summed E-state index contributed by atoms with van der Waals surface area (Å²) < 4.78 is 18.4. The van der Waals surface area contributed by atoms with Crippen molar-refractivity contribution in [2.75, 3.05) is 0 Å². The lowest BCUT2D eigenvalue weighted by molar-refractivity contribution is 0.513. The van der Waals surface area contributed by atoms with Gasteiger partial charge in [-0.2, -0.15) is 0 Å². The number of aromatic amines is 1. The molecule has 8 rings (SSSR count). The van der Waals surface area contributed by atoms with E-state index in [1.54, 1.807) is 11.8 Å². The van der Waals surface area contributed by atoms with Gasteiger partial charge in [0.1, 0.15) is 17.2 Å². The van der Waals surface area contributed by atoms with Crippen molar-refractivity contribution >= 4 is 22.7 Å². The molecule has 0 spiro atoms. The Morgan fingerprint density at radius 3 is 1.98 bits per heavy atom. The smallest absolute Gasteiger partial charge is 0.196 e. The molecule has 0 bridgehead atoms. The molecular formula is C42H35FN6S. The van der Waals surface area contributed by atoms with Crippen LogP contribution >= 0.6 is 11.8 Å². The van der Waals surface area contributed by atoms with Gasteiger partial charge in [0.25, 0.3) is 0 Å². The van der Waals surface area contributed by atoms with Crippen LogP contribution in [-0.2, 0) is 24.9 Å². The van der Waals surface area contributed by atoms with Gasteiger partial charge in [0.2, 0.25) is 0 Å². The largest absolute Gasteiger partial charge is 0.361 e. The number of fused-ring (bicyclic) bond motifs is 1. The normalized spacial score (nSPS) is 11.7. The third-order valence-electron chi connectivity index (χ3n) is 9.24. The zero-order valence-corrected chi connectivity index (χ0v) is 28.2. The fourth-order valence-electron chi connectivity index (χ4n) is 6.90. The molecule has 0 fully saturated rings. The van der Waals surface area contributed by atoms with E-state index in [9.17, 15) is 4.39 Å². The lowest BCUT2D eigenvalue weighted by Crippen LogP contribution is -2.36. The van der Waals surface area contributed by atoms with Gasteiger partial charge in [-0.15, -0.1) is 10.2 Å². The van der Waals surface area contributed by atoms with Crippen LogP contribution in [0.2, 0.25) is 0 Å². The van der Waals surface area contributed by atoms with Crippen LogP contribution in [0.4, 0.5) is 4.39 Å². The summed E-state index contributed by atoms with van der Waals surface area (Å²) in [5.74, 6) is 0.613. The Balaban J connectivity index is 1.10. The second-order valence-electron chi connectivity index (χ2n) is 12.3. The Kier molecular flexibility index (Phi) is 8.84. The van der Waals surface area contributed by atoms with Crippen LogP contribution in [-0.4, -0.2) is 29.3 Å². The molecular weight excluding hydrogens is 640 g/mol. The van der Waals surface area contributed by atoms with Crippen molar-refractivity contribution in [2.24, 2.45) is 0 Å². The first-order valence-corrected chi connectivity index (χ1v) is 17.6. The molecule has 0 saturated carbocycles. The number of benzene rings is 5. The van der Waals surface area contributed by atoms with E-state index in [1.165, 1.54) is 12.1 Å². The minimum absolute atomic E-state index is 0.258. The number of hydrogen-bond donors (Lipinski definition) is 1. The molecule has 3 aromatic heterocycles. The molecule has 8 heteroatoms. The molecule has 5 aromatic carbocycles. The van der Waals surface area contributed by atoms with Crippen molar-refractivity contribution in [3.05, 3.63) is 198 Å². The highest BCUT2D eigenvalue weighted by atomic mass is 32.2. The van der Waals surface area contributed by atoms with Crippen molar-refractivity contribution in [1.82, 2.24) is 29.3 Å². The fourth-order valence-corrected chi connectivity index (χ4v) is 7.79. The van der Waals surface area contributed by atoms with E-state index in [2.05, 4.69) is 134 Å². The van der Waals surface area contributed by atoms with Crippen LogP contribution in [0.3, 0.4) is 0 Å². The first-order chi connectivity index (χ1) is 24.7. The molecule has 0 aliphatic rings. The Hall–Kier alpha value is -5.73. The summed E-state index contributed by atoms with van der Waals surface area (Å²) in [4.78, 5) is 9.30. The summed E-state index contributed by atoms with van der Waals surface area (Å²) in [6.45, 7) is 0.725. The quantitative estimate of drug-likeness (QED) is 0.131. The highest BCUT2D eigenvalue weighted by Crippen LogP contribution is 2.41. The van der Waals surface area contributed by atoms with Crippen LogP contribution in [0.25, 0.3) is 10.9 Å². The molecule has 1 N–H and O–H groups in total. The Morgan fingerprint density at radius 2 is 1.34 bits per heavy atom. The highest BCUT2D eigenvalue weighted by Gasteiger charge is 2.38. The predicted molar refractivity (Wildman–Crippen MR) is 197 cm³/mol. The average Bonchev–Trinajstić information content (AvgIpc) is 3.90. The van der Waals surface area contributed by atoms with E-state index in [-0.39, 0.29) is 5.82 Å². The monoisotopic (exact) mass is 674 g/mol. The number of aryl methyl sites for hydroxylation is 1. The van der Waals surface area contributed by atoms with Gasteiger partial charge in [0.05, 0.1) is 12.0 Å². The van der Waals surface area contributed by atoms with Gasteiger partial charge >= 0.3 is 0 Å². The Bertz CT molecular complexity index is 2220. The van der Waals surface area contributed by atoms with Gasteiger partial charge in [-0.1, -0.05) is 109 Å². The van der Waals surface area contributed by atoms with Crippen LogP contribution in [0.5, 0.6) is 0 Å². The number of H-pyrrole nitrogens is 1. The van der Waals surface area contributed by atoms with Crippen molar-refractivity contribution in [3.8, 4) is 0 Å². The second kappa shape index (κ2) is 14.0. The maximum absolute atomic E-state index is 13.9. The number of nitrogens with one attached hydrogen (secondary N) is 1. The molecule has 6 nitrogen and oxygen atoms in total. The molecule has 246 valence electrons. The molecule has 0 aliphatic carbocycles. The first-order valence-electron chi connectivity index (χ1n) is 16.8. The number of imidazole rings is 1. The molecule has 0 unspecified atom stereocenters. The summed E-state index contributed by atoms with van der Waals surface area (Å²) in [5.41, 5.74) is 5.75. The molecule has 0 atom stereocenters. The van der Waals surface area contributed by atoms with E-state index in [4.69, 9.17) is 4.98 Å². The van der Waals surface area contributed by atoms with Gasteiger partial charge in [-0.05, 0) is 77.2 Å². The van der Waals surface area contributed by atoms with Gasteiger partial charge in [-0.25, -0.2) is 9.37 Å². The van der Waals surface area contributed by atoms with Gasteiger partial charge in [-0.3, -0.25) is 0 Å². The summed E-state index contributed by atoms with van der Waals surface area (Å²) in [7, 11) is 0. The average molecular weight is 675 g/mol. The standard InChI is InChI=1S/C42H35FN6S/c43-35-23-24-38-31(28-44-39(38)27-35)26-40-46-47-41(50-37-21-11-4-12-22-37)49(40)25-13-20-36-29-48(30-45-36)42(32-14-5-1-6-15-32,33-16-7-2-8-17-33)34-18-9-3-10-19-34/h1-12,14-19,21-24,27-30,44H,13,20,25-26H2. The number of nitrogens with zero attached hydrogens (tertiary/aromatic N) is 5. The minimum atomic E-state index is -0.599. The zero-order valence-electron chi connectivity index (χ0n) is 27.4. The maximum atomic E-state index is 13.9. The van der Waals surface area contributed by atoms with E-state index < -0.39 is 5.54 Å². The number of rotatable bonds is 12. The first kappa shape index (κ1) is 31.5. The number of halogens is 1. The zero-order chi connectivity index (χ0) is 33.8. The fraction of sp³-hybridized carbons (Fsp3) is 0.119. The van der Waals surface area contributed by atoms with Gasteiger partial charge in [0, 0.05) is 41.2 Å². The maximum Gasteiger partial charge on any atom is 0.196 e. The van der Waals surface area contributed by atoms with Crippen LogP contribution < -0.4 is 0 Å². The lowest BCUT2D eigenvalue weighted by Gasteiger charge is -2.37. The molecule has 0 radical (unpaired) electrons. The molecule has 50 heavy (non-hydrogen) atoms. The Morgan fingerprint density at radius 1 is 0.720 bits per heavy atom. The lowest BCUT2D eigenvalue weighted by atomic mass is 9.77. The van der Waals surface area contributed by atoms with Gasteiger partial charge in [0.15, 0.2) is 5.16 Å². The van der Waals surface area contributed by atoms with E-state index in [0.29, 0.717) is 6.42 Å². The van der Waals surface area contributed by atoms with Crippen molar-refractivity contribution < 1.29 is 4.39 Å². The molecule has 0 saturated heterocycles. The third-order valence-corrected chi connectivity index (χ3v) is 10.2. The van der Waals surface area contributed by atoms with Crippen LogP contribution in [0, 0.1) is 5.82 Å². The molecule has 0 aliphatic heterocycles. The second-order valence-corrected chi connectivity index (χ2v) is 13.4. The van der Waals surface area contributed by atoms with E-state index in [0.717, 1.165) is 74.1 Å². The Labute approximate surface area is 294 Å². The van der Waals surface area contributed by atoms with Crippen LogP contribution in [0.1, 0.15) is 40.2 Å². The summed E-state index contributed by atoms with van der Waals surface area (Å²) in [6, 6.07) is 47.1. The minimum Gasteiger partial charge on any atom is -0.361 e.